The van der Waals surface area contributed by atoms with E-state index in [1.165, 1.54) is 10.9 Å². The summed E-state index contributed by atoms with van der Waals surface area (Å²) in [6.07, 6.45) is 4.12. The minimum absolute atomic E-state index is 0.302. The van der Waals surface area contributed by atoms with E-state index in [-0.39, 0.29) is 0 Å². The maximum atomic E-state index is 11.5. The molecule has 0 spiro atoms. The molecule has 1 amide bonds. The third-order valence-electron chi connectivity index (χ3n) is 3.54. The van der Waals surface area contributed by atoms with Crippen molar-refractivity contribution in [1.82, 2.24) is 15.3 Å². The largest absolute Gasteiger partial charge is 0.448 e. The van der Waals surface area contributed by atoms with Crippen LogP contribution in [-0.4, -0.2) is 49.4 Å². The zero-order valence-corrected chi connectivity index (χ0v) is 14.8. The lowest BCUT2D eigenvalue weighted by atomic mass is 10.1. The molecule has 2 aromatic rings. The Hall–Kier alpha value is -2.34. The average molecular weight is 330 g/mol. The summed E-state index contributed by atoms with van der Waals surface area (Å²) >= 11 is 0. The smallest absolute Gasteiger partial charge is 0.427 e. The molecule has 24 heavy (non-hydrogen) atoms. The zero-order chi connectivity index (χ0) is 17.5. The van der Waals surface area contributed by atoms with Gasteiger partial charge in [0, 0.05) is 23.6 Å². The number of carbonyl (C=O) groups is 1. The van der Waals surface area contributed by atoms with Gasteiger partial charge in [-0.3, -0.25) is 0 Å². The van der Waals surface area contributed by atoms with Gasteiger partial charge in [-0.2, -0.15) is 5.10 Å². The number of benzene rings is 1. The number of nitrogens with zero attached hydrogens (tertiary/aromatic N) is 2. The van der Waals surface area contributed by atoms with Crippen molar-refractivity contribution in [3.05, 3.63) is 35.5 Å². The molecule has 1 heterocycles. The Balaban J connectivity index is 2.00. The van der Waals surface area contributed by atoms with Crippen LogP contribution in [0.5, 0.6) is 0 Å². The number of rotatable bonds is 7. The van der Waals surface area contributed by atoms with Gasteiger partial charge in [0.1, 0.15) is 0 Å². The number of H-pyrrole nitrogens is 1. The van der Waals surface area contributed by atoms with Crippen LogP contribution < -0.4 is 5.43 Å². The normalized spacial score (nSPS) is 11.8. The fourth-order valence-corrected chi connectivity index (χ4v) is 2.26. The number of carbonyl (C=O) groups excluding carboxylic acids is 1. The summed E-state index contributed by atoms with van der Waals surface area (Å²) in [7, 11) is 4.13. The molecule has 1 aromatic carbocycles. The molecule has 1 aromatic heterocycles. The number of aromatic amines is 1. The number of amides is 1. The van der Waals surface area contributed by atoms with Crippen molar-refractivity contribution in [2.24, 2.45) is 11.0 Å². The van der Waals surface area contributed by atoms with Crippen LogP contribution in [0.2, 0.25) is 0 Å². The molecule has 6 nitrogen and oxygen atoms in total. The summed E-state index contributed by atoms with van der Waals surface area (Å²) in [4.78, 5) is 16.9. The van der Waals surface area contributed by atoms with E-state index in [1.54, 1.807) is 6.21 Å². The predicted octanol–water partition coefficient (Wildman–Crippen LogP) is 2.99. The molecule has 2 rings (SSSR count). The van der Waals surface area contributed by atoms with Crippen molar-refractivity contribution in [2.45, 2.75) is 20.3 Å². The Kier molecular flexibility index (Phi) is 6.37. The van der Waals surface area contributed by atoms with Crippen molar-refractivity contribution >= 4 is 23.2 Å². The van der Waals surface area contributed by atoms with E-state index in [0.717, 1.165) is 24.0 Å². The second-order valence-electron chi connectivity index (χ2n) is 6.53. The van der Waals surface area contributed by atoms with E-state index >= 15 is 0 Å². The third-order valence-corrected chi connectivity index (χ3v) is 3.54. The molecule has 0 bridgehead atoms. The molecule has 0 fully saturated rings. The van der Waals surface area contributed by atoms with Gasteiger partial charge in [0.25, 0.3) is 0 Å². The van der Waals surface area contributed by atoms with Crippen molar-refractivity contribution in [3.8, 4) is 0 Å². The van der Waals surface area contributed by atoms with Crippen LogP contribution in [0.4, 0.5) is 4.79 Å². The third kappa shape index (κ3) is 5.38. The standard InChI is InChI=1S/C18H26N4O2/c1-13(2)12-24-18(23)21-20-10-14-5-6-17-16(9-14)15(11-19-17)7-8-22(3)4/h5-6,9-11,13,19H,7-8,12H2,1-4H3,(H,21,23)/b20-10+. The first-order valence-electron chi connectivity index (χ1n) is 8.16. The van der Waals surface area contributed by atoms with Crippen LogP contribution in [0, 0.1) is 5.92 Å². The molecular formula is C18H26N4O2. The van der Waals surface area contributed by atoms with E-state index in [4.69, 9.17) is 4.74 Å². The van der Waals surface area contributed by atoms with Crippen LogP contribution in [0.25, 0.3) is 10.9 Å². The van der Waals surface area contributed by atoms with Crippen LogP contribution in [0.1, 0.15) is 25.0 Å². The lowest BCUT2D eigenvalue weighted by Gasteiger charge is -2.08. The van der Waals surface area contributed by atoms with Gasteiger partial charge in [-0.25, -0.2) is 10.2 Å². The van der Waals surface area contributed by atoms with E-state index in [2.05, 4.69) is 46.8 Å². The number of fused-ring (bicyclic) bond motifs is 1. The number of ether oxygens (including phenoxy) is 1. The highest BCUT2D eigenvalue weighted by Crippen LogP contribution is 2.20. The van der Waals surface area contributed by atoms with Gasteiger partial charge in [0.05, 0.1) is 12.8 Å². The molecule has 130 valence electrons. The summed E-state index contributed by atoms with van der Waals surface area (Å²) in [6, 6.07) is 6.05. The maximum absolute atomic E-state index is 11.5. The number of hydrazone groups is 1. The molecule has 0 aliphatic rings. The summed E-state index contributed by atoms with van der Waals surface area (Å²) in [6.45, 7) is 5.34. The maximum Gasteiger partial charge on any atom is 0.427 e. The highest BCUT2D eigenvalue weighted by Gasteiger charge is 2.05. The number of likely N-dealkylation sites (N-methyl/N-ethyl adjacent to an activating group) is 1. The quantitative estimate of drug-likeness (QED) is 0.606. The van der Waals surface area contributed by atoms with Crippen LogP contribution in [0.15, 0.2) is 29.5 Å². The van der Waals surface area contributed by atoms with Crippen molar-refractivity contribution in [2.75, 3.05) is 27.2 Å². The van der Waals surface area contributed by atoms with Gasteiger partial charge in [-0.1, -0.05) is 19.9 Å². The molecule has 2 N–H and O–H groups in total. The Bertz CT molecular complexity index is 704. The van der Waals surface area contributed by atoms with Crippen molar-refractivity contribution in [1.29, 1.82) is 0 Å². The van der Waals surface area contributed by atoms with Gasteiger partial charge < -0.3 is 14.6 Å². The second kappa shape index (κ2) is 8.49. The van der Waals surface area contributed by atoms with Gasteiger partial charge in [0.15, 0.2) is 0 Å². The topological polar surface area (TPSA) is 69.7 Å². The Labute approximate surface area is 142 Å². The molecule has 6 heteroatoms. The fraction of sp³-hybridized carbons (Fsp3) is 0.444. The van der Waals surface area contributed by atoms with Gasteiger partial charge in [-0.15, -0.1) is 0 Å². The minimum atomic E-state index is -0.533. The van der Waals surface area contributed by atoms with Crippen LogP contribution in [-0.2, 0) is 11.2 Å². The molecule has 0 saturated heterocycles. The molecule has 0 unspecified atom stereocenters. The predicted molar refractivity (Wildman–Crippen MR) is 97.5 cm³/mol. The van der Waals surface area contributed by atoms with Crippen molar-refractivity contribution in [3.63, 3.8) is 0 Å². The average Bonchev–Trinajstić information content (AvgIpc) is 2.93. The lowest BCUT2D eigenvalue weighted by Crippen LogP contribution is -2.21. The number of aromatic nitrogens is 1. The first-order chi connectivity index (χ1) is 11.5. The number of hydrogen-bond donors (Lipinski definition) is 2. The Morgan fingerprint density at radius 3 is 2.92 bits per heavy atom. The summed E-state index contributed by atoms with van der Waals surface area (Å²) in [5.74, 6) is 0.302. The summed E-state index contributed by atoms with van der Waals surface area (Å²) in [5, 5.41) is 5.13. The van der Waals surface area contributed by atoms with E-state index in [9.17, 15) is 4.79 Å². The van der Waals surface area contributed by atoms with Crippen molar-refractivity contribution < 1.29 is 9.53 Å². The molecular weight excluding hydrogens is 304 g/mol. The highest BCUT2D eigenvalue weighted by atomic mass is 16.6. The van der Waals surface area contributed by atoms with Crippen LogP contribution >= 0.6 is 0 Å². The molecule has 0 saturated carbocycles. The van der Waals surface area contributed by atoms with E-state index < -0.39 is 6.09 Å². The molecule has 0 radical (unpaired) electrons. The summed E-state index contributed by atoms with van der Waals surface area (Å²) < 4.78 is 5.00. The monoisotopic (exact) mass is 330 g/mol. The number of hydrogen-bond acceptors (Lipinski definition) is 4. The minimum Gasteiger partial charge on any atom is -0.448 e. The van der Waals surface area contributed by atoms with E-state index in [0.29, 0.717) is 12.5 Å². The van der Waals surface area contributed by atoms with E-state index in [1.807, 2.05) is 26.0 Å². The van der Waals surface area contributed by atoms with Gasteiger partial charge in [-0.05, 0) is 49.7 Å². The molecule has 0 atom stereocenters. The Morgan fingerprint density at radius 1 is 1.42 bits per heavy atom. The highest BCUT2D eigenvalue weighted by molar-refractivity contribution is 5.91. The van der Waals surface area contributed by atoms with Gasteiger partial charge in [0.2, 0.25) is 0 Å². The summed E-state index contributed by atoms with van der Waals surface area (Å²) in [5.41, 5.74) is 5.68. The van der Waals surface area contributed by atoms with Crippen LogP contribution in [0.3, 0.4) is 0 Å². The fourth-order valence-electron chi connectivity index (χ4n) is 2.26. The SMILES string of the molecule is CC(C)COC(=O)N/N=C/c1ccc2[nH]cc(CCN(C)C)c2c1. The second-order valence-corrected chi connectivity index (χ2v) is 6.53. The molecule has 0 aliphatic carbocycles. The number of nitrogens with one attached hydrogen (secondary N) is 2. The van der Waals surface area contributed by atoms with Gasteiger partial charge >= 0.3 is 6.09 Å². The lowest BCUT2D eigenvalue weighted by molar-refractivity contribution is 0.133. The Morgan fingerprint density at radius 2 is 2.21 bits per heavy atom. The first-order valence-corrected chi connectivity index (χ1v) is 8.16. The zero-order valence-electron chi connectivity index (χ0n) is 14.8. The first kappa shape index (κ1) is 18.0. The molecule has 0 aliphatic heterocycles.